The summed E-state index contributed by atoms with van der Waals surface area (Å²) >= 11 is 6.33. The molecular weight excluding hydrogens is 388 g/mol. The number of nitrogens with zero attached hydrogens (tertiary/aromatic N) is 1. The monoisotopic (exact) mass is 410 g/mol. The number of benzene rings is 1. The summed E-state index contributed by atoms with van der Waals surface area (Å²) in [5.41, 5.74) is -0.683. The predicted molar refractivity (Wildman–Crippen MR) is 100 cm³/mol. The lowest BCUT2D eigenvalue weighted by Crippen LogP contribution is -2.54. The lowest BCUT2D eigenvalue weighted by molar-refractivity contribution is -0.153. The first-order valence-corrected chi connectivity index (χ1v) is 9.26. The van der Waals surface area contributed by atoms with Gasteiger partial charge in [0.1, 0.15) is 12.1 Å². The van der Waals surface area contributed by atoms with Crippen molar-refractivity contribution in [1.82, 2.24) is 10.2 Å². The maximum atomic E-state index is 12.9. The lowest BCUT2D eigenvalue weighted by atomic mass is 9.74. The molecule has 1 atom stereocenters. The summed E-state index contributed by atoms with van der Waals surface area (Å²) in [5.74, 6) is -1.25. The molecule has 0 bridgehead atoms. The van der Waals surface area contributed by atoms with E-state index in [-0.39, 0.29) is 18.2 Å². The van der Waals surface area contributed by atoms with E-state index in [9.17, 15) is 19.2 Å². The number of ketones is 1. The van der Waals surface area contributed by atoms with Crippen molar-refractivity contribution in [3.8, 4) is 0 Å². The fourth-order valence-electron chi connectivity index (χ4n) is 3.28. The van der Waals surface area contributed by atoms with Gasteiger partial charge >= 0.3 is 12.1 Å². The van der Waals surface area contributed by atoms with Crippen LogP contribution < -0.4 is 5.32 Å². The molecule has 9 heteroatoms. The third kappa shape index (κ3) is 4.81. The Morgan fingerprint density at radius 1 is 1.21 bits per heavy atom. The molecule has 1 N–H and O–H groups in total. The van der Waals surface area contributed by atoms with Crippen LogP contribution in [0.3, 0.4) is 0 Å². The van der Waals surface area contributed by atoms with Crippen molar-refractivity contribution in [2.24, 2.45) is 0 Å². The molecule has 0 aromatic heterocycles. The second-order valence-electron chi connectivity index (χ2n) is 6.48. The summed E-state index contributed by atoms with van der Waals surface area (Å²) in [5, 5.41) is 2.66. The van der Waals surface area contributed by atoms with Crippen LogP contribution in [-0.2, 0) is 29.4 Å². The number of carbonyl (C=O) groups is 4. The average Bonchev–Trinajstić information content (AvgIpc) is 2.67. The van der Waals surface area contributed by atoms with E-state index in [1.54, 1.807) is 24.3 Å². The van der Waals surface area contributed by atoms with Crippen LogP contribution in [0.25, 0.3) is 0 Å². The fourth-order valence-corrected chi connectivity index (χ4v) is 3.57. The van der Waals surface area contributed by atoms with Crippen LogP contribution in [0.4, 0.5) is 4.79 Å². The van der Waals surface area contributed by atoms with Crippen LogP contribution >= 0.6 is 11.6 Å². The van der Waals surface area contributed by atoms with E-state index in [0.717, 1.165) is 12.8 Å². The number of hydrogen-bond donors (Lipinski definition) is 1. The highest BCUT2D eigenvalue weighted by Crippen LogP contribution is 2.42. The minimum absolute atomic E-state index is 0.117. The molecule has 0 heterocycles. The van der Waals surface area contributed by atoms with Crippen molar-refractivity contribution >= 4 is 35.4 Å². The number of amides is 2. The molecule has 0 spiro atoms. The molecule has 0 radical (unpaired) electrons. The highest BCUT2D eigenvalue weighted by molar-refractivity contribution is 6.31. The minimum atomic E-state index is -1.23. The van der Waals surface area contributed by atoms with Gasteiger partial charge in [-0.05, 0) is 25.3 Å². The van der Waals surface area contributed by atoms with Crippen LogP contribution in [0.2, 0.25) is 5.02 Å². The van der Waals surface area contributed by atoms with Gasteiger partial charge in [0.05, 0.1) is 0 Å². The molecule has 2 amide bonds. The topological polar surface area (TPSA) is 102 Å². The minimum Gasteiger partial charge on any atom is -0.426 e. The maximum absolute atomic E-state index is 12.9. The van der Waals surface area contributed by atoms with Gasteiger partial charge in [0, 0.05) is 31.0 Å². The highest BCUT2D eigenvalue weighted by Gasteiger charge is 2.48. The second kappa shape index (κ2) is 9.54. The van der Waals surface area contributed by atoms with Gasteiger partial charge in [-0.2, -0.15) is 0 Å². The predicted octanol–water partition coefficient (Wildman–Crippen LogP) is 2.38. The summed E-state index contributed by atoms with van der Waals surface area (Å²) < 4.78 is 9.76. The van der Waals surface area contributed by atoms with Crippen molar-refractivity contribution in [2.75, 3.05) is 20.4 Å². The highest BCUT2D eigenvalue weighted by atomic mass is 35.5. The number of hydrogen-bond acceptors (Lipinski definition) is 6. The first-order valence-electron chi connectivity index (χ1n) is 8.88. The lowest BCUT2D eigenvalue weighted by Gasteiger charge is -2.43. The summed E-state index contributed by atoms with van der Waals surface area (Å²) in [6.45, 7) is 0.302. The summed E-state index contributed by atoms with van der Waals surface area (Å²) in [6, 6.07) is 6.90. The number of carbonyl (C=O) groups excluding carboxylic acids is 4. The number of nitrogens with one attached hydrogen (secondary N) is 1. The van der Waals surface area contributed by atoms with Crippen LogP contribution in [0.5, 0.6) is 0 Å². The van der Waals surface area contributed by atoms with E-state index in [0.29, 0.717) is 23.4 Å². The van der Waals surface area contributed by atoms with E-state index in [1.807, 2.05) is 0 Å². The molecule has 1 aliphatic rings. The van der Waals surface area contributed by atoms with Crippen molar-refractivity contribution in [3.05, 3.63) is 34.9 Å². The number of esters is 1. The molecule has 0 unspecified atom stereocenters. The third-order valence-corrected chi connectivity index (χ3v) is 5.03. The molecule has 0 saturated heterocycles. The Hall–Kier alpha value is -2.61. The number of likely N-dealkylation sites (N-methyl/N-ethyl adjacent to an activating group) is 1. The maximum Gasteiger partial charge on any atom is 0.413 e. The molecule has 152 valence electrons. The first-order chi connectivity index (χ1) is 13.3. The molecule has 0 aliphatic heterocycles. The molecule has 1 saturated carbocycles. The van der Waals surface area contributed by atoms with E-state index in [2.05, 4.69) is 5.32 Å². The van der Waals surface area contributed by atoms with Crippen molar-refractivity contribution in [3.63, 3.8) is 0 Å². The van der Waals surface area contributed by atoms with Crippen LogP contribution in [0.15, 0.2) is 24.3 Å². The van der Waals surface area contributed by atoms with Gasteiger partial charge in [-0.25, -0.2) is 4.79 Å². The second-order valence-corrected chi connectivity index (χ2v) is 6.89. The SMILES string of the molecule is CC(=O)NCC(=O)OCOC(=O)N(C)[C@@]1(c2ccccc2Cl)CCCCC1=O. The number of ether oxygens (including phenoxy) is 2. The van der Waals surface area contributed by atoms with Crippen LogP contribution in [0.1, 0.15) is 38.2 Å². The standard InChI is InChI=1S/C19H23ClN2O6/c1-13(23)21-11-17(25)27-12-28-18(26)22(2)19(10-6-5-9-16(19)24)14-7-3-4-8-15(14)20/h3-4,7-8H,5-6,9-12H2,1-2H3,(H,21,23)/t19-/m1/s1. The normalized spacial score (nSPS) is 18.9. The molecule has 1 fully saturated rings. The van der Waals surface area contributed by atoms with E-state index in [1.165, 1.54) is 18.9 Å². The molecule has 8 nitrogen and oxygen atoms in total. The molecular formula is C19H23ClN2O6. The summed E-state index contributed by atoms with van der Waals surface area (Å²) in [6.07, 6.45) is 1.43. The van der Waals surface area contributed by atoms with Gasteiger partial charge in [-0.3, -0.25) is 19.3 Å². The molecule has 28 heavy (non-hydrogen) atoms. The average molecular weight is 411 g/mol. The zero-order chi connectivity index (χ0) is 20.7. The molecule has 1 aromatic carbocycles. The Morgan fingerprint density at radius 2 is 1.93 bits per heavy atom. The van der Waals surface area contributed by atoms with Gasteiger partial charge in [-0.1, -0.05) is 29.8 Å². The van der Waals surface area contributed by atoms with Crippen molar-refractivity contribution in [1.29, 1.82) is 0 Å². The first kappa shape index (κ1) is 21.7. The zero-order valence-electron chi connectivity index (χ0n) is 15.8. The molecule has 2 rings (SSSR count). The van der Waals surface area contributed by atoms with Gasteiger partial charge in [0.25, 0.3) is 0 Å². The van der Waals surface area contributed by atoms with Crippen molar-refractivity contribution in [2.45, 2.75) is 38.1 Å². The smallest absolute Gasteiger partial charge is 0.413 e. The third-order valence-electron chi connectivity index (χ3n) is 4.70. The number of Topliss-reactive ketones (excluding diaryl/α,β-unsaturated/α-hetero) is 1. The zero-order valence-corrected chi connectivity index (χ0v) is 16.6. The molecule has 1 aliphatic carbocycles. The molecule has 1 aromatic rings. The van der Waals surface area contributed by atoms with E-state index in [4.69, 9.17) is 21.1 Å². The summed E-state index contributed by atoms with van der Waals surface area (Å²) in [4.78, 5) is 48.9. The van der Waals surface area contributed by atoms with Gasteiger partial charge in [-0.15, -0.1) is 0 Å². The van der Waals surface area contributed by atoms with Crippen LogP contribution in [-0.4, -0.2) is 49.0 Å². The Kier molecular flexibility index (Phi) is 7.39. The van der Waals surface area contributed by atoms with E-state index < -0.39 is 24.4 Å². The fraction of sp³-hybridized carbons (Fsp3) is 0.474. The Bertz CT molecular complexity index is 769. The summed E-state index contributed by atoms with van der Waals surface area (Å²) in [7, 11) is 1.47. The Labute approximate surface area is 168 Å². The quantitative estimate of drug-likeness (QED) is 0.570. The Balaban J connectivity index is 2.11. The van der Waals surface area contributed by atoms with Crippen molar-refractivity contribution < 1.29 is 28.7 Å². The van der Waals surface area contributed by atoms with Gasteiger partial charge in [0.2, 0.25) is 12.7 Å². The van der Waals surface area contributed by atoms with Gasteiger partial charge in [0.15, 0.2) is 5.78 Å². The Morgan fingerprint density at radius 3 is 2.57 bits per heavy atom. The van der Waals surface area contributed by atoms with Crippen LogP contribution in [0, 0.1) is 0 Å². The number of rotatable bonds is 6. The largest absolute Gasteiger partial charge is 0.426 e. The van der Waals surface area contributed by atoms with E-state index >= 15 is 0 Å². The number of halogens is 1. The van der Waals surface area contributed by atoms with Gasteiger partial charge < -0.3 is 14.8 Å².